The van der Waals surface area contributed by atoms with Crippen molar-refractivity contribution in [3.8, 4) is 0 Å². The maximum atomic E-state index is 12.2. The highest BCUT2D eigenvalue weighted by molar-refractivity contribution is 8.00. The molecular weight excluding hydrogens is 324 g/mol. The maximum absolute atomic E-state index is 12.2. The molecule has 126 valence electrons. The van der Waals surface area contributed by atoms with Gasteiger partial charge in [-0.15, -0.1) is 11.8 Å². The number of nitrogens with zero attached hydrogens (tertiary/aromatic N) is 2. The van der Waals surface area contributed by atoms with Gasteiger partial charge >= 0.3 is 0 Å². The first-order valence-corrected chi connectivity index (χ1v) is 8.88. The molecule has 1 aromatic carbocycles. The van der Waals surface area contributed by atoms with E-state index in [0.29, 0.717) is 24.6 Å². The van der Waals surface area contributed by atoms with Crippen LogP contribution < -0.4 is 0 Å². The van der Waals surface area contributed by atoms with E-state index in [4.69, 9.17) is 4.42 Å². The number of carbonyl (C=O) groups is 2. The third kappa shape index (κ3) is 3.48. The summed E-state index contributed by atoms with van der Waals surface area (Å²) in [5, 5.41) is 0.0187. The van der Waals surface area contributed by atoms with Crippen LogP contribution in [0.2, 0.25) is 0 Å². The highest BCUT2D eigenvalue weighted by Crippen LogP contribution is 2.38. The number of likely N-dealkylation sites (N-methyl/N-ethyl adjacent to an activating group) is 1. The molecule has 1 atom stereocenters. The molecule has 24 heavy (non-hydrogen) atoms. The minimum absolute atomic E-state index is 0.0187. The number of rotatable bonds is 5. The van der Waals surface area contributed by atoms with Gasteiger partial charge in [0.25, 0.3) is 5.91 Å². The Morgan fingerprint density at radius 2 is 2.08 bits per heavy atom. The largest absolute Gasteiger partial charge is 0.459 e. The second kappa shape index (κ2) is 7.13. The second-order valence-electron chi connectivity index (χ2n) is 5.87. The van der Waals surface area contributed by atoms with Gasteiger partial charge in [0, 0.05) is 20.1 Å². The lowest BCUT2D eigenvalue weighted by Gasteiger charge is -2.26. The first kappa shape index (κ1) is 16.6. The fourth-order valence-corrected chi connectivity index (χ4v) is 3.87. The van der Waals surface area contributed by atoms with Crippen LogP contribution in [0, 0.1) is 6.92 Å². The fraction of sp³-hybridized carbons (Fsp3) is 0.333. The number of hydrogen-bond acceptors (Lipinski definition) is 4. The monoisotopic (exact) mass is 344 g/mol. The molecule has 1 aliphatic rings. The number of aryl methyl sites for hydroxylation is 1. The zero-order valence-electron chi connectivity index (χ0n) is 13.8. The highest BCUT2D eigenvalue weighted by atomic mass is 32.2. The number of amides is 2. The summed E-state index contributed by atoms with van der Waals surface area (Å²) in [5.41, 5.74) is 2.32. The summed E-state index contributed by atoms with van der Waals surface area (Å²) in [6, 6.07) is 11.6. The number of carbonyl (C=O) groups excluding carboxylic acids is 2. The summed E-state index contributed by atoms with van der Waals surface area (Å²) in [4.78, 5) is 27.9. The van der Waals surface area contributed by atoms with Crippen LogP contribution in [0.25, 0.3) is 0 Å². The summed E-state index contributed by atoms with van der Waals surface area (Å²) in [5.74, 6) is 0.735. The van der Waals surface area contributed by atoms with Crippen LogP contribution in [0.5, 0.6) is 0 Å². The molecule has 1 aliphatic heterocycles. The quantitative estimate of drug-likeness (QED) is 0.837. The average Bonchev–Trinajstić information content (AvgIpc) is 3.23. The maximum Gasteiger partial charge on any atom is 0.289 e. The molecule has 5 nitrogen and oxygen atoms in total. The average molecular weight is 344 g/mol. The van der Waals surface area contributed by atoms with Crippen molar-refractivity contribution in [1.29, 1.82) is 0 Å². The molecule has 1 unspecified atom stereocenters. The lowest BCUT2D eigenvalue weighted by atomic mass is 10.1. The summed E-state index contributed by atoms with van der Waals surface area (Å²) in [6.45, 7) is 3.02. The molecule has 0 saturated carbocycles. The van der Waals surface area contributed by atoms with Crippen LogP contribution in [0.4, 0.5) is 0 Å². The van der Waals surface area contributed by atoms with Gasteiger partial charge in [-0.25, -0.2) is 0 Å². The van der Waals surface area contributed by atoms with E-state index in [-0.39, 0.29) is 17.2 Å². The molecule has 6 heteroatoms. The molecule has 0 N–H and O–H groups in total. The predicted octanol–water partition coefficient (Wildman–Crippen LogP) is 2.93. The standard InChI is InChI=1S/C18H20N2O3S/c1-13-5-7-14(8-6-13)18-20(16(21)12-24-18)10-9-19(2)17(22)15-4-3-11-23-15/h3-8,11,18H,9-10,12H2,1-2H3. The van der Waals surface area contributed by atoms with Gasteiger partial charge in [0.1, 0.15) is 5.37 Å². The van der Waals surface area contributed by atoms with Crippen molar-refractivity contribution in [2.75, 3.05) is 25.9 Å². The number of thioether (sulfide) groups is 1. The van der Waals surface area contributed by atoms with Crippen LogP contribution in [0.3, 0.4) is 0 Å². The molecule has 0 aliphatic carbocycles. The van der Waals surface area contributed by atoms with Gasteiger partial charge in [0.15, 0.2) is 5.76 Å². The molecule has 3 rings (SSSR count). The Labute approximate surface area is 145 Å². The van der Waals surface area contributed by atoms with E-state index in [1.807, 2.05) is 11.8 Å². The fourth-order valence-electron chi connectivity index (χ4n) is 2.65. The van der Waals surface area contributed by atoms with E-state index in [1.165, 1.54) is 11.8 Å². The molecule has 2 aromatic rings. The van der Waals surface area contributed by atoms with Crippen molar-refractivity contribution in [3.63, 3.8) is 0 Å². The molecule has 1 saturated heterocycles. The van der Waals surface area contributed by atoms with E-state index in [0.717, 1.165) is 5.56 Å². The smallest absolute Gasteiger partial charge is 0.289 e. The number of benzene rings is 1. The Morgan fingerprint density at radius 1 is 1.33 bits per heavy atom. The van der Waals surface area contributed by atoms with Gasteiger partial charge in [-0.05, 0) is 24.6 Å². The Kier molecular flexibility index (Phi) is 4.94. The van der Waals surface area contributed by atoms with Gasteiger partial charge in [0.05, 0.1) is 12.0 Å². The molecule has 2 heterocycles. The SMILES string of the molecule is Cc1ccc(C2SCC(=O)N2CCN(C)C(=O)c2ccco2)cc1. The van der Waals surface area contributed by atoms with Gasteiger partial charge < -0.3 is 14.2 Å². The Hall–Kier alpha value is -2.21. The van der Waals surface area contributed by atoms with Crippen molar-refractivity contribution in [3.05, 3.63) is 59.5 Å². The van der Waals surface area contributed by atoms with Crippen molar-refractivity contribution in [1.82, 2.24) is 9.80 Å². The minimum atomic E-state index is -0.175. The van der Waals surface area contributed by atoms with Crippen molar-refractivity contribution in [2.24, 2.45) is 0 Å². The number of furan rings is 1. The minimum Gasteiger partial charge on any atom is -0.459 e. The van der Waals surface area contributed by atoms with Crippen molar-refractivity contribution >= 4 is 23.6 Å². The molecule has 2 amide bonds. The van der Waals surface area contributed by atoms with Gasteiger partial charge in [0.2, 0.25) is 5.91 Å². The zero-order valence-corrected chi connectivity index (χ0v) is 14.6. The normalized spacial score (nSPS) is 17.3. The van der Waals surface area contributed by atoms with Crippen LogP contribution in [-0.2, 0) is 4.79 Å². The Balaban J connectivity index is 1.65. The van der Waals surface area contributed by atoms with Crippen molar-refractivity contribution < 1.29 is 14.0 Å². The van der Waals surface area contributed by atoms with E-state index < -0.39 is 0 Å². The molecule has 0 radical (unpaired) electrons. The van der Waals surface area contributed by atoms with E-state index in [1.54, 1.807) is 35.8 Å². The predicted molar refractivity (Wildman–Crippen MR) is 93.8 cm³/mol. The van der Waals surface area contributed by atoms with Crippen LogP contribution >= 0.6 is 11.8 Å². The molecule has 1 aromatic heterocycles. The van der Waals surface area contributed by atoms with Gasteiger partial charge in [-0.3, -0.25) is 9.59 Å². The Bertz CT molecular complexity index is 712. The van der Waals surface area contributed by atoms with Crippen LogP contribution in [0.1, 0.15) is 27.1 Å². The summed E-state index contributed by atoms with van der Waals surface area (Å²) in [6.07, 6.45) is 1.48. The topological polar surface area (TPSA) is 53.8 Å². The molecule has 1 fully saturated rings. The van der Waals surface area contributed by atoms with E-state index in [9.17, 15) is 9.59 Å². The lowest BCUT2D eigenvalue weighted by molar-refractivity contribution is -0.128. The van der Waals surface area contributed by atoms with E-state index in [2.05, 4.69) is 24.3 Å². The van der Waals surface area contributed by atoms with Crippen molar-refractivity contribution in [2.45, 2.75) is 12.3 Å². The summed E-state index contributed by atoms with van der Waals surface area (Å²) < 4.78 is 5.14. The van der Waals surface area contributed by atoms with Crippen LogP contribution in [0.15, 0.2) is 47.1 Å². The third-order valence-electron chi connectivity index (χ3n) is 4.09. The summed E-state index contributed by atoms with van der Waals surface area (Å²) >= 11 is 1.63. The molecular formula is C18H20N2O3S. The zero-order chi connectivity index (χ0) is 17.1. The Morgan fingerprint density at radius 3 is 2.75 bits per heavy atom. The van der Waals surface area contributed by atoms with E-state index >= 15 is 0 Å². The van der Waals surface area contributed by atoms with Gasteiger partial charge in [-0.1, -0.05) is 29.8 Å². The second-order valence-corrected chi connectivity index (χ2v) is 6.93. The lowest BCUT2D eigenvalue weighted by Crippen LogP contribution is -2.38. The third-order valence-corrected chi connectivity index (χ3v) is 5.34. The molecule has 0 bridgehead atoms. The highest BCUT2D eigenvalue weighted by Gasteiger charge is 2.32. The van der Waals surface area contributed by atoms with Crippen LogP contribution in [-0.4, -0.2) is 47.5 Å². The summed E-state index contributed by atoms with van der Waals surface area (Å²) in [7, 11) is 1.72. The molecule has 0 spiro atoms. The number of hydrogen-bond donors (Lipinski definition) is 0. The first-order chi connectivity index (χ1) is 11.6. The van der Waals surface area contributed by atoms with Gasteiger partial charge in [-0.2, -0.15) is 0 Å². The first-order valence-electron chi connectivity index (χ1n) is 7.83.